The summed E-state index contributed by atoms with van der Waals surface area (Å²) in [4.78, 5) is 2.61. The van der Waals surface area contributed by atoms with Gasteiger partial charge in [0, 0.05) is 22.4 Å². The second kappa shape index (κ2) is 15.6. The highest BCUT2D eigenvalue weighted by molar-refractivity contribution is 5.95. The first-order chi connectivity index (χ1) is 30.0. The monoisotopic (exact) mass is 809 g/mol. The molecule has 4 unspecified atom stereocenters. The van der Waals surface area contributed by atoms with Gasteiger partial charge in [-0.1, -0.05) is 182 Å². The molecule has 10 rings (SSSR count). The first-order valence-electron chi connectivity index (χ1n) is 23.5. The van der Waals surface area contributed by atoms with E-state index in [0.29, 0.717) is 5.92 Å². The summed E-state index contributed by atoms with van der Waals surface area (Å²) in [5.74, 6) is 2.06. The third-order valence-corrected chi connectivity index (χ3v) is 15.8. The van der Waals surface area contributed by atoms with Crippen LogP contribution in [0.5, 0.6) is 0 Å². The summed E-state index contributed by atoms with van der Waals surface area (Å²) in [5, 5.41) is 0. The molecule has 0 heterocycles. The molecular weight excluding hydrogens is 747 g/mol. The number of hydrogen-bond acceptors (Lipinski definition) is 1. The second-order valence-corrected chi connectivity index (χ2v) is 20.6. The van der Waals surface area contributed by atoms with E-state index in [2.05, 4.69) is 217 Å². The van der Waals surface area contributed by atoms with E-state index in [1.54, 1.807) is 0 Å². The van der Waals surface area contributed by atoms with Crippen molar-refractivity contribution in [3.8, 4) is 44.5 Å². The van der Waals surface area contributed by atoms with Crippen LogP contribution in [-0.2, 0) is 16.2 Å². The molecule has 0 radical (unpaired) electrons. The minimum absolute atomic E-state index is 0.0748. The summed E-state index contributed by atoms with van der Waals surface area (Å²) in [6.45, 7) is 17.3. The Morgan fingerprint density at radius 3 is 1.65 bits per heavy atom. The molecule has 0 bridgehead atoms. The van der Waals surface area contributed by atoms with Crippen LogP contribution in [0.1, 0.15) is 109 Å². The van der Waals surface area contributed by atoms with E-state index in [-0.39, 0.29) is 16.2 Å². The van der Waals surface area contributed by atoms with Gasteiger partial charge in [-0.2, -0.15) is 0 Å². The van der Waals surface area contributed by atoms with E-state index in [4.69, 9.17) is 0 Å². The first kappa shape index (κ1) is 40.4. The minimum atomic E-state index is -0.101. The molecular formula is C61H63N. The third kappa shape index (κ3) is 6.84. The number of fused-ring (bicyclic) bond motifs is 4. The number of hydrogen-bond donors (Lipinski definition) is 0. The highest BCUT2D eigenvalue weighted by Gasteiger charge is 2.48. The average molecular weight is 810 g/mol. The Labute approximate surface area is 371 Å². The van der Waals surface area contributed by atoms with Gasteiger partial charge in [0.05, 0.1) is 5.69 Å². The van der Waals surface area contributed by atoms with E-state index in [9.17, 15) is 0 Å². The lowest BCUT2D eigenvalue weighted by Gasteiger charge is -2.44. The lowest BCUT2D eigenvalue weighted by Crippen LogP contribution is -2.37. The van der Waals surface area contributed by atoms with Gasteiger partial charge in [-0.3, -0.25) is 0 Å². The molecule has 0 amide bonds. The maximum Gasteiger partial charge on any atom is 0.0543 e. The fourth-order valence-electron chi connectivity index (χ4n) is 12.1. The molecule has 4 atom stereocenters. The molecule has 7 aromatic rings. The topological polar surface area (TPSA) is 3.24 Å². The van der Waals surface area contributed by atoms with Crippen LogP contribution >= 0.6 is 0 Å². The smallest absolute Gasteiger partial charge is 0.0543 e. The largest absolute Gasteiger partial charge is 0.310 e. The Balaban J connectivity index is 1.22. The van der Waals surface area contributed by atoms with Crippen molar-refractivity contribution in [3.05, 3.63) is 186 Å². The van der Waals surface area contributed by atoms with Crippen molar-refractivity contribution in [2.75, 3.05) is 4.90 Å². The number of anilines is 3. The van der Waals surface area contributed by atoms with Gasteiger partial charge in [0.1, 0.15) is 0 Å². The van der Waals surface area contributed by atoms with E-state index in [1.807, 2.05) is 0 Å². The van der Waals surface area contributed by atoms with E-state index >= 15 is 0 Å². The van der Waals surface area contributed by atoms with Crippen molar-refractivity contribution in [1.29, 1.82) is 0 Å². The van der Waals surface area contributed by atoms with Gasteiger partial charge in [0.25, 0.3) is 0 Å². The quantitative estimate of drug-likeness (QED) is 0.148. The zero-order chi connectivity index (χ0) is 42.8. The predicted octanol–water partition coefficient (Wildman–Crippen LogP) is 17.3. The Kier molecular flexibility index (Phi) is 10.2. The zero-order valence-corrected chi connectivity index (χ0v) is 38.0. The van der Waals surface area contributed by atoms with Crippen molar-refractivity contribution >= 4 is 17.1 Å². The third-order valence-electron chi connectivity index (χ3n) is 15.8. The van der Waals surface area contributed by atoms with E-state index in [1.165, 1.54) is 122 Å². The molecule has 0 aromatic heterocycles. The van der Waals surface area contributed by atoms with Crippen LogP contribution < -0.4 is 4.90 Å². The molecule has 7 aromatic carbocycles. The van der Waals surface area contributed by atoms with Crippen LogP contribution in [0.2, 0.25) is 0 Å². The van der Waals surface area contributed by atoms with Gasteiger partial charge < -0.3 is 4.90 Å². The molecule has 0 saturated heterocycles. The SMILES string of the molecule is CCC1CC(C)CC(C2(C)c3ccccc3-c3cc(-c4ccccc4)c(N(c4ccc(-c5ccccc5-c5ccccc5)cc4)c4ccc5c(c4)C(C)(C)CCC5(C)C)cc32)C1. The standard InChI is InChI=1S/C61H63N/c1-8-42-35-41(2)36-46(37-42)61(7)54-26-18-17-25-51(54)53-39-52(44-21-13-10-14-22-44)58(40-56(53)61)62(48-31-32-55-57(38-48)60(5,6)34-33-59(55,3)4)47-29-27-45(28-30-47)50-24-16-15-23-49(50)43-19-11-9-12-20-43/h9-32,38-42,46H,8,33-37H2,1-7H3. The van der Waals surface area contributed by atoms with Crippen LogP contribution in [-0.4, -0.2) is 0 Å². The summed E-state index contributed by atoms with van der Waals surface area (Å²) in [6, 6.07) is 62.3. The normalized spacial score (nSPS) is 22.0. The molecule has 1 saturated carbocycles. The molecule has 62 heavy (non-hydrogen) atoms. The maximum atomic E-state index is 2.64. The van der Waals surface area contributed by atoms with E-state index in [0.717, 1.165) is 11.8 Å². The summed E-state index contributed by atoms with van der Waals surface area (Å²) in [6.07, 6.45) is 7.53. The molecule has 0 spiro atoms. The van der Waals surface area contributed by atoms with E-state index < -0.39 is 0 Å². The van der Waals surface area contributed by atoms with Crippen molar-refractivity contribution in [2.45, 2.75) is 103 Å². The van der Waals surface area contributed by atoms with Gasteiger partial charge in [-0.25, -0.2) is 0 Å². The van der Waals surface area contributed by atoms with Crippen LogP contribution in [0.15, 0.2) is 164 Å². The Morgan fingerprint density at radius 1 is 0.452 bits per heavy atom. The van der Waals surface area contributed by atoms with Gasteiger partial charge in [-0.05, 0) is 158 Å². The van der Waals surface area contributed by atoms with Gasteiger partial charge in [-0.15, -0.1) is 0 Å². The maximum absolute atomic E-state index is 2.64. The van der Waals surface area contributed by atoms with Crippen LogP contribution in [0.3, 0.4) is 0 Å². The van der Waals surface area contributed by atoms with Crippen LogP contribution in [0.4, 0.5) is 17.1 Å². The summed E-state index contributed by atoms with van der Waals surface area (Å²) >= 11 is 0. The molecule has 0 N–H and O–H groups in total. The fraction of sp³-hybridized carbons (Fsp3) is 0.311. The van der Waals surface area contributed by atoms with Crippen molar-refractivity contribution < 1.29 is 0 Å². The molecule has 1 fully saturated rings. The summed E-state index contributed by atoms with van der Waals surface area (Å²) in [5.41, 5.74) is 20.0. The second-order valence-electron chi connectivity index (χ2n) is 20.6. The zero-order valence-electron chi connectivity index (χ0n) is 38.0. The summed E-state index contributed by atoms with van der Waals surface area (Å²) < 4.78 is 0. The lowest BCUT2D eigenvalue weighted by atomic mass is 9.60. The van der Waals surface area contributed by atoms with Crippen molar-refractivity contribution in [2.24, 2.45) is 17.8 Å². The Hall–Kier alpha value is -5.66. The molecule has 0 aliphatic heterocycles. The van der Waals surface area contributed by atoms with Gasteiger partial charge >= 0.3 is 0 Å². The van der Waals surface area contributed by atoms with Gasteiger partial charge in [0.2, 0.25) is 0 Å². The highest BCUT2D eigenvalue weighted by Crippen LogP contribution is 2.60. The number of nitrogens with zero attached hydrogens (tertiary/aromatic N) is 1. The Bertz CT molecular complexity index is 2740. The average Bonchev–Trinajstić information content (AvgIpc) is 3.56. The molecule has 3 aliphatic rings. The minimum Gasteiger partial charge on any atom is -0.310 e. The molecule has 3 aliphatic carbocycles. The molecule has 1 nitrogen and oxygen atoms in total. The highest BCUT2D eigenvalue weighted by atomic mass is 15.1. The van der Waals surface area contributed by atoms with Crippen molar-refractivity contribution in [1.82, 2.24) is 0 Å². The van der Waals surface area contributed by atoms with Crippen molar-refractivity contribution in [3.63, 3.8) is 0 Å². The number of benzene rings is 7. The van der Waals surface area contributed by atoms with Crippen LogP contribution in [0, 0.1) is 17.8 Å². The fourth-order valence-corrected chi connectivity index (χ4v) is 12.1. The van der Waals surface area contributed by atoms with Gasteiger partial charge in [0.15, 0.2) is 0 Å². The van der Waals surface area contributed by atoms with Crippen LogP contribution in [0.25, 0.3) is 44.5 Å². The summed E-state index contributed by atoms with van der Waals surface area (Å²) in [7, 11) is 0. The Morgan fingerprint density at radius 2 is 1.00 bits per heavy atom. The molecule has 312 valence electrons. The molecule has 1 heteroatoms. The number of rotatable bonds is 8. The lowest BCUT2D eigenvalue weighted by molar-refractivity contribution is 0.153. The predicted molar refractivity (Wildman–Crippen MR) is 265 cm³/mol. The first-order valence-corrected chi connectivity index (χ1v) is 23.5.